The molecule has 0 spiro atoms. The van der Waals surface area contributed by atoms with Crippen LogP contribution in [0.3, 0.4) is 0 Å². The van der Waals surface area contributed by atoms with Crippen molar-refractivity contribution in [1.29, 1.82) is 0 Å². The van der Waals surface area contributed by atoms with Crippen molar-refractivity contribution in [1.82, 2.24) is 20.2 Å². The van der Waals surface area contributed by atoms with Crippen LogP contribution in [0.2, 0.25) is 0 Å². The number of anilines is 1. The van der Waals surface area contributed by atoms with Crippen molar-refractivity contribution in [2.45, 2.75) is 39.0 Å². The van der Waals surface area contributed by atoms with E-state index in [1.807, 2.05) is 6.20 Å². The number of benzene rings is 2. The van der Waals surface area contributed by atoms with Gasteiger partial charge in [-0.25, -0.2) is 4.98 Å². The Labute approximate surface area is 165 Å². The van der Waals surface area contributed by atoms with Gasteiger partial charge in [0.25, 0.3) is 0 Å². The van der Waals surface area contributed by atoms with Crippen LogP contribution in [0.15, 0.2) is 55.0 Å². The average Bonchev–Trinajstić information content (AvgIpc) is 3.34. The SMILES string of the molecule is CC(C)(C)c1ccc(-c2cccc3[nH]nc(NCCCc4c[nH]cn4)c23)cc1. The van der Waals surface area contributed by atoms with Crippen molar-refractivity contribution < 1.29 is 0 Å². The maximum atomic E-state index is 4.51. The second-order valence-electron chi connectivity index (χ2n) is 8.22. The lowest BCUT2D eigenvalue weighted by atomic mass is 9.86. The fraction of sp³-hybridized carbons (Fsp3) is 0.304. The van der Waals surface area contributed by atoms with Gasteiger partial charge in [0.15, 0.2) is 5.82 Å². The number of rotatable bonds is 6. The summed E-state index contributed by atoms with van der Waals surface area (Å²) in [6, 6.07) is 15.2. The van der Waals surface area contributed by atoms with Gasteiger partial charge in [-0.1, -0.05) is 57.2 Å². The Morgan fingerprint density at radius 1 is 1.04 bits per heavy atom. The first-order valence-corrected chi connectivity index (χ1v) is 9.82. The van der Waals surface area contributed by atoms with Crippen LogP contribution in [0.1, 0.15) is 38.4 Å². The molecule has 4 aromatic rings. The van der Waals surface area contributed by atoms with Gasteiger partial charge in [0.2, 0.25) is 0 Å². The summed E-state index contributed by atoms with van der Waals surface area (Å²) >= 11 is 0. The second kappa shape index (κ2) is 7.50. The minimum Gasteiger partial charge on any atom is -0.368 e. The van der Waals surface area contributed by atoms with Gasteiger partial charge < -0.3 is 10.3 Å². The van der Waals surface area contributed by atoms with E-state index in [2.05, 4.69) is 88.7 Å². The molecule has 3 N–H and O–H groups in total. The van der Waals surface area contributed by atoms with E-state index in [1.165, 1.54) is 16.7 Å². The standard InChI is InChI=1S/C23H27N5/c1-23(2,3)17-11-9-16(10-12-17)19-7-4-8-20-21(19)22(28-27-20)25-13-5-6-18-14-24-15-26-18/h4,7-12,14-15H,5-6,13H2,1-3H3,(H,24,26)(H2,25,27,28). The smallest absolute Gasteiger partial charge is 0.156 e. The summed E-state index contributed by atoms with van der Waals surface area (Å²) in [5.41, 5.74) is 6.04. The van der Waals surface area contributed by atoms with Gasteiger partial charge in [0, 0.05) is 12.7 Å². The topological polar surface area (TPSA) is 69.4 Å². The van der Waals surface area contributed by atoms with Crippen LogP contribution in [0.5, 0.6) is 0 Å². The highest BCUT2D eigenvalue weighted by atomic mass is 15.2. The first-order valence-electron chi connectivity index (χ1n) is 9.82. The van der Waals surface area contributed by atoms with Crippen molar-refractivity contribution in [3.63, 3.8) is 0 Å². The van der Waals surface area contributed by atoms with Crippen LogP contribution in [0, 0.1) is 0 Å². The quantitative estimate of drug-likeness (QED) is 0.402. The Morgan fingerprint density at radius 3 is 2.57 bits per heavy atom. The third-order valence-corrected chi connectivity index (χ3v) is 5.11. The van der Waals surface area contributed by atoms with E-state index in [4.69, 9.17) is 0 Å². The molecule has 5 heteroatoms. The number of H-pyrrole nitrogens is 2. The van der Waals surface area contributed by atoms with E-state index in [1.54, 1.807) is 6.33 Å². The summed E-state index contributed by atoms with van der Waals surface area (Å²) in [6.07, 6.45) is 5.62. The van der Waals surface area contributed by atoms with Crippen LogP contribution < -0.4 is 5.32 Å². The normalized spacial score (nSPS) is 11.8. The summed E-state index contributed by atoms with van der Waals surface area (Å²) in [5, 5.41) is 12.3. The molecule has 2 aromatic heterocycles. The van der Waals surface area contributed by atoms with Crippen LogP contribution in [0.4, 0.5) is 5.82 Å². The average molecular weight is 374 g/mol. The molecule has 28 heavy (non-hydrogen) atoms. The number of hydrogen-bond donors (Lipinski definition) is 3. The Hall–Kier alpha value is -3.08. The molecule has 0 atom stereocenters. The number of nitrogens with zero attached hydrogens (tertiary/aromatic N) is 2. The third kappa shape index (κ3) is 3.79. The molecule has 0 saturated heterocycles. The number of imidazole rings is 1. The van der Waals surface area contributed by atoms with E-state index < -0.39 is 0 Å². The van der Waals surface area contributed by atoms with E-state index >= 15 is 0 Å². The summed E-state index contributed by atoms with van der Waals surface area (Å²) in [7, 11) is 0. The Kier molecular flexibility index (Phi) is 4.90. The minimum absolute atomic E-state index is 0.154. The molecule has 0 saturated carbocycles. The van der Waals surface area contributed by atoms with E-state index in [9.17, 15) is 0 Å². The molecule has 0 aliphatic carbocycles. The molecule has 0 aliphatic heterocycles. The highest BCUT2D eigenvalue weighted by Crippen LogP contribution is 2.33. The van der Waals surface area contributed by atoms with Gasteiger partial charge in [-0.3, -0.25) is 5.10 Å². The van der Waals surface area contributed by atoms with Gasteiger partial charge in [-0.15, -0.1) is 0 Å². The minimum atomic E-state index is 0.154. The molecule has 0 aliphatic rings. The largest absolute Gasteiger partial charge is 0.368 e. The molecular weight excluding hydrogens is 346 g/mol. The second-order valence-corrected chi connectivity index (χ2v) is 8.22. The molecule has 4 rings (SSSR count). The lowest BCUT2D eigenvalue weighted by Gasteiger charge is -2.19. The van der Waals surface area contributed by atoms with Gasteiger partial charge in [0.05, 0.1) is 22.9 Å². The summed E-state index contributed by atoms with van der Waals surface area (Å²) < 4.78 is 0. The summed E-state index contributed by atoms with van der Waals surface area (Å²) in [4.78, 5) is 7.27. The fourth-order valence-electron chi connectivity index (χ4n) is 3.49. The molecule has 0 unspecified atom stereocenters. The first-order chi connectivity index (χ1) is 13.5. The van der Waals surface area contributed by atoms with E-state index in [-0.39, 0.29) is 5.41 Å². The third-order valence-electron chi connectivity index (χ3n) is 5.11. The van der Waals surface area contributed by atoms with Gasteiger partial charge in [-0.2, -0.15) is 5.10 Å². The van der Waals surface area contributed by atoms with Crippen LogP contribution in [-0.2, 0) is 11.8 Å². The zero-order valence-electron chi connectivity index (χ0n) is 16.7. The van der Waals surface area contributed by atoms with E-state index in [0.29, 0.717) is 0 Å². The van der Waals surface area contributed by atoms with Crippen LogP contribution in [-0.4, -0.2) is 26.7 Å². The predicted octanol–water partition coefficient (Wildman–Crippen LogP) is 5.30. The molecule has 2 heterocycles. The van der Waals surface area contributed by atoms with Gasteiger partial charge >= 0.3 is 0 Å². The maximum absolute atomic E-state index is 4.51. The molecular formula is C23H27N5. The monoisotopic (exact) mass is 373 g/mol. The van der Waals surface area contributed by atoms with Crippen molar-refractivity contribution in [3.05, 3.63) is 66.2 Å². The van der Waals surface area contributed by atoms with E-state index in [0.717, 1.165) is 41.8 Å². The van der Waals surface area contributed by atoms with Gasteiger partial charge in [-0.05, 0) is 41.0 Å². The lowest BCUT2D eigenvalue weighted by molar-refractivity contribution is 0.590. The number of aryl methyl sites for hydroxylation is 1. The fourth-order valence-corrected chi connectivity index (χ4v) is 3.49. The molecule has 5 nitrogen and oxygen atoms in total. The van der Waals surface area contributed by atoms with Crippen molar-refractivity contribution in [2.75, 3.05) is 11.9 Å². The molecule has 0 fully saturated rings. The number of aromatic amines is 2. The molecule has 0 bridgehead atoms. The number of fused-ring (bicyclic) bond motifs is 1. The lowest BCUT2D eigenvalue weighted by Crippen LogP contribution is -2.10. The summed E-state index contributed by atoms with van der Waals surface area (Å²) in [5.74, 6) is 0.910. The van der Waals surface area contributed by atoms with Crippen LogP contribution in [0.25, 0.3) is 22.0 Å². The first kappa shape index (κ1) is 18.3. The predicted molar refractivity (Wildman–Crippen MR) is 116 cm³/mol. The summed E-state index contributed by atoms with van der Waals surface area (Å²) in [6.45, 7) is 7.57. The van der Waals surface area contributed by atoms with Crippen molar-refractivity contribution in [3.8, 4) is 11.1 Å². The molecule has 0 radical (unpaired) electrons. The Morgan fingerprint density at radius 2 is 1.86 bits per heavy atom. The van der Waals surface area contributed by atoms with Crippen LogP contribution >= 0.6 is 0 Å². The maximum Gasteiger partial charge on any atom is 0.156 e. The zero-order chi connectivity index (χ0) is 19.6. The number of aromatic nitrogens is 4. The Bertz CT molecular complexity index is 1040. The zero-order valence-corrected chi connectivity index (χ0v) is 16.7. The van der Waals surface area contributed by atoms with Crippen molar-refractivity contribution in [2.24, 2.45) is 0 Å². The Balaban J connectivity index is 1.56. The molecule has 0 amide bonds. The van der Waals surface area contributed by atoms with Crippen molar-refractivity contribution >= 4 is 16.7 Å². The highest BCUT2D eigenvalue weighted by molar-refractivity contribution is 6.02. The molecule has 144 valence electrons. The molecule has 2 aromatic carbocycles. The number of hydrogen-bond acceptors (Lipinski definition) is 3. The van der Waals surface area contributed by atoms with Gasteiger partial charge in [0.1, 0.15) is 0 Å². The number of nitrogens with one attached hydrogen (secondary N) is 3. The highest BCUT2D eigenvalue weighted by Gasteiger charge is 2.15.